The van der Waals surface area contributed by atoms with Gasteiger partial charge in [0.1, 0.15) is 0 Å². The highest BCUT2D eigenvalue weighted by molar-refractivity contribution is 5.80. The molecule has 5 heteroatoms. The molecule has 0 aromatic carbocycles. The Hall–Kier alpha value is -1.10. The summed E-state index contributed by atoms with van der Waals surface area (Å²) < 4.78 is 0. The van der Waals surface area contributed by atoms with Crippen LogP contribution < -0.4 is 0 Å². The van der Waals surface area contributed by atoms with Crippen molar-refractivity contribution in [2.24, 2.45) is 11.3 Å². The van der Waals surface area contributed by atoms with Gasteiger partial charge in [0.2, 0.25) is 5.91 Å². The van der Waals surface area contributed by atoms with Gasteiger partial charge < -0.3 is 14.9 Å². The number of hydrogen-bond donors (Lipinski definition) is 1. The van der Waals surface area contributed by atoms with Crippen LogP contribution in [-0.4, -0.2) is 59.5 Å². The maximum atomic E-state index is 12.4. The molecule has 114 valence electrons. The van der Waals surface area contributed by atoms with Crippen LogP contribution in [0, 0.1) is 11.3 Å². The first-order valence-corrected chi connectivity index (χ1v) is 7.67. The van der Waals surface area contributed by atoms with E-state index in [0.717, 1.165) is 19.6 Å². The van der Waals surface area contributed by atoms with Crippen molar-refractivity contribution in [2.45, 2.75) is 39.5 Å². The lowest BCUT2D eigenvalue weighted by molar-refractivity contribution is -0.153. The van der Waals surface area contributed by atoms with E-state index in [0.29, 0.717) is 25.9 Å². The van der Waals surface area contributed by atoms with E-state index in [4.69, 9.17) is 0 Å². The highest BCUT2D eigenvalue weighted by Gasteiger charge is 2.38. The summed E-state index contributed by atoms with van der Waals surface area (Å²) in [4.78, 5) is 27.8. The van der Waals surface area contributed by atoms with Gasteiger partial charge in [-0.05, 0) is 45.7 Å². The quantitative estimate of drug-likeness (QED) is 0.847. The van der Waals surface area contributed by atoms with Crippen LogP contribution in [0.1, 0.15) is 39.5 Å². The molecule has 0 aromatic heterocycles. The fourth-order valence-electron chi connectivity index (χ4n) is 3.18. The molecule has 1 amide bonds. The summed E-state index contributed by atoms with van der Waals surface area (Å²) in [6.45, 7) is 7.98. The Balaban J connectivity index is 1.83. The van der Waals surface area contributed by atoms with Gasteiger partial charge in [0, 0.05) is 25.6 Å². The lowest BCUT2D eigenvalue weighted by Crippen LogP contribution is -2.48. The second-order valence-corrected chi connectivity index (χ2v) is 6.60. The van der Waals surface area contributed by atoms with E-state index >= 15 is 0 Å². The van der Waals surface area contributed by atoms with Crippen molar-refractivity contribution in [3.63, 3.8) is 0 Å². The molecule has 20 heavy (non-hydrogen) atoms. The average Bonchev–Trinajstić information content (AvgIpc) is 2.91. The zero-order valence-electron chi connectivity index (χ0n) is 12.6. The Kier molecular flexibility index (Phi) is 4.68. The lowest BCUT2D eigenvalue weighted by atomic mass is 9.80. The Morgan fingerprint density at radius 3 is 2.20 bits per heavy atom. The predicted octanol–water partition coefficient (Wildman–Crippen LogP) is 1.43. The molecule has 2 rings (SSSR count). The van der Waals surface area contributed by atoms with Crippen molar-refractivity contribution < 1.29 is 14.7 Å². The second kappa shape index (κ2) is 6.12. The third kappa shape index (κ3) is 3.32. The number of carbonyl (C=O) groups excluding carboxylic acids is 1. The minimum absolute atomic E-state index is 0.0160. The van der Waals surface area contributed by atoms with Crippen molar-refractivity contribution in [1.82, 2.24) is 9.80 Å². The first-order valence-electron chi connectivity index (χ1n) is 7.67. The number of carboxylic acids is 1. The molecule has 2 saturated heterocycles. The number of piperidine rings is 1. The molecule has 1 unspecified atom stereocenters. The topological polar surface area (TPSA) is 60.9 Å². The van der Waals surface area contributed by atoms with Crippen molar-refractivity contribution in [2.75, 3.05) is 32.7 Å². The minimum Gasteiger partial charge on any atom is -0.481 e. The first kappa shape index (κ1) is 15.3. The Bertz CT molecular complexity index is 369. The minimum atomic E-state index is -0.741. The van der Waals surface area contributed by atoms with Gasteiger partial charge in [0.05, 0.1) is 5.41 Å². The van der Waals surface area contributed by atoms with Gasteiger partial charge >= 0.3 is 5.97 Å². The van der Waals surface area contributed by atoms with Gasteiger partial charge in [-0.3, -0.25) is 9.59 Å². The van der Waals surface area contributed by atoms with E-state index in [1.54, 1.807) is 6.92 Å². The highest BCUT2D eigenvalue weighted by Crippen LogP contribution is 2.31. The van der Waals surface area contributed by atoms with Gasteiger partial charge in [-0.25, -0.2) is 0 Å². The van der Waals surface area contributed by atoms with Crippen LogP contribution in [-0.2, 0) is 9.59 Å². The van der Waals surface area contributed by atoms with E-state index in [2.05, 4.69) is 4.90 Å². The van der Waals surface area contributed by atoms with E-state index in [-0.39, 0.29) is 11.8 Å². The number of aliphatic carboxylic acids is 1. The fraction of sp³-hybridized carbons (Fsp3) is 0.867. The van der Waals surface area contributed by atoms with Crippen LogP contribution in [0.5, 0.6) is 0 Å². The number of rotatable bonds is 4. The smallest absolute Gasteiger partial charge is 0.309 e. The molecule has 2 heterocycles. The molecular formula is C15H26N2O3. The van der Waals surface area contributed by atoms with Crippen molar-refractivity contribution >= 4 is 11.9 Å². The summed E-state index contributed by atoms with van der Waals surface area (Å²) in [6.07, 6.45) is 3.60. The largest absolute Gasteiger partial charge is 0.481 e. The fourth-order valence-corrected chi connectivity index (χ4v) is 3.18. The first-order chi connectivity index (χ1) is 9.42. The van der Waals surface area contributed by atoms with E-state index < -0.39 is 11.4 Å². The van der Waals surface area contributed by atoms with Gasteiger partial charge in [0.25, 0.3) is 0 Å². The molecule has 0 aromatic rings. The molecule has 0 radical (unpaired) electrons. The van der Waals surface area contributed by atoms with E-state index in [1.807, 2.05) is 11.8 Å². The van der Waals surface area contributed by atoms with Crippen LogP contribution in [0.25, 0.3) is 0 Å². The number of carboxylic acid groups (broad SMARTS) is 1. The maximum Gasteiger partial charge on any atom is 0.309 e. The summed E-state index contributed by atoms with van der Waals surface area (Å²) in [5.74, 6) is -0.540. The SMILES string of the molecule is CC(CN1CCCC1)C(=O)N1CCC(C)(C(=O)O)CC1. The molecule has 2 aliphatic rings. The summed E-state index contributed by atoms with van der Waals surface area (Å²) in [7, 11) is 0. The van der Waals surface area contributed by atoms with Crippen LogP contribution >= 0.6 is 0 Å². The molecule has 0 spiro atoms. The number of likely N-dealkylation sites (tertiary alicyclic amines) is 2. The second-order valence-electron chi connectivity index (χ2n) is 6.60. The molecule has 0 bridgehead atoms. The van der Waals surface area contributed by atoms with Crippen LogP contribution in [0.2, 0.25) is 0 Å². The standard InChI is InChI=1S/C15H26N2O3/c1-12(11-16-7-3-4-8-16)13(18)17-9-5-15(2,6-10-17)14(19)20/h12H,3-11H2,1-2H3,(H,19,20). The maximum absolute atomic E-state index is 12.4. The van der Waals surface area contributed by atoms with Gasteiger partial charge in [0.15, 0.2) is 0 Å². The molecule has 0 aliphatic carbocycles. The molecule has 2 fully saturated rings. The summed E-state index contributed by atoms with van der Waals surface area (Å²) in [5.41, 5.74) is -0.658. The van der Waals surface area contributed by atoms with Crippen LogP contribution in [0.15, 0.2) is 0 Å². The molecule has 1 N–H and O–H groups in total. The lowest BCUT2D eigenvalue weighted by Gasteiger charge is -2.37. The number of hydrogen-bond acceptors (Lipinski definition) is 3. The van der Waals surface area contributed by atoms with E-state index in [9.17, 15) is 14.7 Å². The zero-order valence-corrected chi connectivity index (χ0v) is 12.6. The Morgan fingerprint density at radius 1 is 1.15 bits per heavy atom. The van der Waals surface area contributed by atoms with Crippen LogP contribution in [0.4, 0.5) is 0 Å². The molecular weight excluding hydrogens is 256 g/mol. The summed E-state index contributed by atoms with van der Waals surface area (Å²) >= 11 is 0. The number of carbonyl (C=O) groups is 2. The summed E-state index contributed by atoms with van der Waals surface area (Å²) in [5, 5.41) is 9.21. The summed E-state index contributed by atoms with van der Waals surface area (Å²) in [6, 6.07) is 0. The molecule has 5 nitrogen and oxygen atoms in total. The number of nitrogens with zero attached hydrogens (tertiary/aromatic N) is 2. The molecule has 0 saturated carbocycles. The molecule has 1 atom stereocenters. The van der Waals surface area contributed by atoms with Crippen molar-refractivity contribution in [3.05, 3.63) is 0 Å². The normalized spacial score (nSPS) is 24.6. The van der Waals surface area contributed by atoms with Crippen molar-refractivity contribution in [1.29, 1.82) is 0 Å². The van der Waals surface area contributed by atoms with Crippen molar-refractivity contribution in [3.8, 4) is 0 Å². The zero-order chi connectivity index (χ0) is 14.8. The Labute approximate surface area is 120 Å². The Morgan fingerprint density at radius 2 is 1.70 bits per heavy atom. The third-order valence-electron chi connectivity index (χ3n) is 4.85. The third-order valence-corrected chi connectivity index (χ3v) is 4.85. The average molecular weight is 282 g/mol. The highest BCUT2D eigenvalue weighted by atomic mass is 16.4. The number of amides is 1. The van der Waals surface area contributed by atoms with E-state index in [1.165, 1.54) is 12.8 Å². The monoisotopic (exact) mass is 282 g/mol. The van der Waals surface area contributed by atoms with Gasteiger partial charge in [-0.15, -0.1) is 0 Å². The van der Waals surface area contributed by atoms with Crippen LogP contribution in [0.3, 0.4) is 0 Å². The van der Waals surface area contributed by atoms with Gasteiger partial charge in [-0.1, -0.05) is 6.92 Å². The van der Waals surface area contributed by atoms with Gasteiger partial charge in [-0.2, -0.15) is 0 Å². The predicted molar refractivity (Wildman–Crippen MR) is 76.4 cm³/mol. The molecule has 2 aliphatic heterocycles.